The van der Waals surface area contributed by atoms with E-state index in [9.17, 15) is 0 Å². The number of fused-ring (bicyclic) bond motifs is 3. The minimum absolute atomic E-state index is 0.450. The Morgan fingerprint density at radius 2 is 1.02 bits per heavy atom. The molecule has 0 saturated heterocycles. The Hall–Kier alpha value is -7.13. The average Bonchev–Trinajstić information content (AvgIpc) is 3.83. The summed E-state index contributed by atoms with van der Waals surface area (Å²) in [7, 11) is 0. The summed E-state index contributed by atoms with van der Waals surface area (Å²) < 4.78 is 20.3. The Kier molecular flexibility index (Phi) is 7.25. The molecule has 4 aromatic carbocycles. The molecule has 0 unspecified atom stereocenters. The first kappa shape index (κ1) is 29.0. The summed E-state index contributed by atoms with van der Waals surface area (Å²) in [6.45, 7) is 0. The van der Waals surface area contributed by atoms with Gasteiger partial charge in [-0.25, -0.2) is 15.0 Å². The van der Waals surface area contributed by atoms with Crippen molar-refractivity contribution in [3.63, 3.8) is 0 Å². The molecule has 50 heavy (non-hydrogen) atoms. The second kappa shape index (κ2) is 12.5. The Morgan fingerprint density at radius 1 is 0.460 bits per heavy atom. The van der Waals surface area contributed by atoms with Gasteiger partial charge < -0.3 is 13.9 Å². The highest BCUT2D eigenvalue weighted by Crippen LogP contribution is 2.38. The number of pyridine rings is 2. The Morgan fingerprint density at radius 3 is 1.52 bits per heavy atom. The molecule has 9 aromatic rings. The number of oxazole rings is 1. The van der Waals surface area contributed by atoms with Gasteiger partial charge in [0.15, 0.2) is 0 Å². The Labute approximate surface area is 286 Å². The number of aromatic nitrogens is 6. The predicted octanol–water partition coefficient (Wildman–Crippen LogP) is 9.94. The lowest BCUT2D eigenvalue weighted by atomic mass is 10.1. The van der Waals surface area contributed by atoms with Crippen LogP contribution in [0.2, 0.25) is 0 Å². The Bertz CT molecular complexity index is 2450. The molecule has 0 spiro atoms. The zero-order valence-electron chi connectivity index (χ0n) is 26.4. The summed E-state index contributed by atoms with van der Waals surface area (Å²) in [5, 5.41) is 2.03. The maximum atomic E-state index is 6.42. The molecular weight excluding hydrogens is 624 g/mol. The molecule has 0 fully saturated rings. The molecule has 0 atom stereocenters. The summed E-state index contributed by atoms with van der Waals surface area (Å²) in [5.74, 6) is 3.66. The van der Waals surface area contributed by atoms with E-state index in [1.54, 1.807) is 31.0 Å². The van der Waals surface area contributed by atoms with Gasteiger partial charge in [0.2, 0.25) is 11.8 Å². The van der Waals surface area contributed by atoms with E-state index >= 15 is 0 Å². The molecule has 0 aliphatic rings. The smallest absolute Gasteiger partial charge is 0.234 e. The van der Waals surface area contributed by atoms with Crippen LogP contribution in [0.4, 0.5) is 0 Å². The SMILES string of the molecule is c1ccc(-c2cccc(Oc3ccc4c5ccc(Oc6cccc(-c7ccccn7)c6)cc5n(-c5ncc(-c6ncco6)cn5)c4c3)c2)nc1. The number of ether oxygens (including phenoxy) is 2. The van der Waals surface area contributed by atoms with Crippen LogP contribution in [0, 0.1) is 0 Å². The summed E-state index contributed by atoms with van der Waals surface area (Å²) in [6, 6.07) is 39.6. The van der Waals surface area contributed by atoms with Gasteiger partial charge in [0.1, 0.15) is 29.3 Å². The van der Waals surface area contributed by atoms with Crippen molar-refractivity contribution in [2.24, 2.45) is 0 Å². The lowest BCUT2D eigenvalue weighted by molar-refractivity contribution is 0.483. The van der Waals surface area contributed by atoms with Crippen molar-refractivity contribution in [1.82, 2.24) is 29.5 Å². The van der Waals surface area contributed by atoms with E-state index < -0.39 is 0 Å². The zero-order chi connectivity index (χ0) is 33.3. The quantitative estimate of drug-likeness (QED) is 0.160. The molecule has 5 aromatic heterocycles. The van der Waals surface area contributed by atoms with E-state index in [1.165, 1.54) is 6.26 Å². The number of hydrogen-bond acceptors (Lipinski definition) is 8. The fraction of sp³-hybridized carbons (Fsp3) is 0. The third-order valence-electron chi connectivity index (χ3n) is 8.29. The van der Waals surface area contributed by atoms with Gasteiger partial charge >= 0.3 is 0 Å². The molecule has 0 N–H and O–H groups in total. The van der Waals surface area contributed by atoms with Gasteiger partial charge in [-0.05, 0) is 72.8 Å². The number of rotatable bonds is 8. The molecule has 0 bridgehead atoms. The second-order valence-corrected chi connectivity index (χ2v) is 11.5. The fourth-order valence-corrected chi connectivity index (χ4v) is 6.01. The molecular formula is C41H26N6O3. The molecule has 0 aliphatic heterocycles. The van der Waals surface area contributed by atoms with Crippen LogP contribution in [0.3, 0.4) is 0 Å². The van der Waals surface area contributed by atoms with E-state index in [-0.39, 0.29) is 0 Å². The van der Waals surface area contributed by atoms with Gasteiger partial charge in [0.25, 0.3) is 0 Å². The summed E-state index contributed by atoms with van der Waals surface area (Å²) >= 11 is 0. The van der Waals surface area contributed by atoms with Crippen molar-refractivity contribution in [1.29, 1.82) is 0 Å². The van der Waals surface area contributed by atoms with E-state index in [0.717, 1.165) is 44.3 Å². The van der Waals surface area contributed by atoms with Crippen LogP contribution < -0.4 is 9.47 Å². The lowest BCUT2D eigenvalue weighted by Crippen LogP contribution is -2.01. The van der Waals surface area contributed by atoms with E-state index in [0.29, 0.717) is 40.4 Å². The van der Waals surface area contributed by atoms with Crippen molar-refractivity contribution >= 4 is 21.8 Å². The molecule has 0 radical (unpaired) electrons. The molecule has 9 heteroatoms. The first-order chi connectivity index (χ1) is 24.7. The monoisotopic (exact) mass is 650 g/mol. The predicted molar refractivity (Wildman–Crippen MR) is 191 cm³/mol. The molecule has 0 aliphatic carbocycles. The largest absolute Gasteiger partial charge is 0.457 e. The highest BCUT2D eigenvalue weighted by molar-refractivity contribution is 6.09. The third-order valence-corrected chi connectivity index (χ3v) is 8.29. The minimum Gasteiger partial charge on any atom is -0.457 e. The topological polar surface area (TPSA) is 101 Å². The highest BCUT2D eigenvalue weighted by Gasteiger charge is 2.17. The number of hydrogen-bond donors (Lipinski definition) is 0. The molecule has 9 rings (SSSR count). The first-order valence-corrected chi connectivity index (χ1v) is 15.9. The van der Waals surface area contributed by atoms with Crippen molar-refractivity contribution in [2.45, 2.75) is 0 Å². The maximum absolute atomic E-state index is 6.42. The molecule has 9 nitrogen and oxygen atoms in total. The van der Waals surface area contributed by atoms with Gasteiger partial charge in [-0.1, -0.05) is 36.4 Å². The van der Waals surface area contributed by atoms with Gasteiger partial charge in [0.05, 0.1) is 34.2 Å². The average molecular weight is 651 g/mol. The van der Waals surface area contributed by atoms with Crippen LogP contribution >= 0.6 is 0 Å². The van der Waals surface area contributed by atoms with E-state index in [4.69, 9.17) is 23.9 Å². The van der Waals surface area contributed by atoms with Crippen molar-refractivity contribution < 1.29 is 13.9 Å². The Balaban J connectivity index is 1.13. The third kappa shape index (κ3) is 5.58. The fourth-order valence-electron chi connectivity index (χ4n) is 6.01. The van der Waals surface area contributed by atoms with Crippen LogP contribution in [0.15, 0.2) is 163 Å². The van der Waals surface area contributed by atoms with Crippen molar-refractivity contribution in [3.8, 4) is 62.9 Å². The van der Waals surface area contributed by atoms with Crippen molar-refractivity contribution in [2.75, 3.05) is 0 Å². The van der Waals surface area contributed by atoms with Crippen molar-refractivity contribution in [3.05, 3.63) is 159 Å². The van der Waals surface area contributed by atoms with Gasteiger partial charge in [-0.2, -0.15) is 0 Å². The zero-order valence-corrected chi connectivity index (χ0v) is 26.4. The number of nitrogens with zero attached hydrogens (tertiary/aromatic N) is 6. The minimum atomic E-state index is 0.450. The normalized spacial score (nSPS) is 11.2. The maximum Gasteiger partial charge on any atom is 0.234 e. The molecule has 0 amide bonds. The second-order valence-electron chi connectivity index (χ2n) is 11.5. The van der Waals surface area contributed by atoms with Gasteiger partial charge in [-0.15, -0.1) is 0 Å². The number of benzene rings is 4. The molecule has 0 saturated carbocycles. The van der Waals surface area contributed by atoms with Crippen LogP contribution in [-0.2, 0) is 0 Å². The van der Waals surface area contributed by atoms with E-state index in [1.807, 2.05) is 114 Å². The van der Waals surface area contributed by atoms with Gasteiger partial charge in [0, 0.05) is 58.8 Å². The first-order valence-electron chi connectivity index (χ1n) is 15.9. The van der Waals surface area contributed by atoms with Crippen LogP contribution in [0.25, 0.3) is 61.7 Å². The van der Waals surface area contributed by atoms with Crippen LogP contribution in [-0.4, -0.2) is 29.5 Å². The summed E-state index contributed by atoms with van der Waals surface area (Å²) in [6.07, 6.45) is 10.1. The molecule has 238 valence electrons. The van der Waals surface area contributed by atoms with E-state index in [2.05, 4.69) is 27.1 Å². The van der Waals surface area contributed by atoms with Gasteiger partial charge in [-0.3, -0.25) is 14.5 Å². The summed E-state index contributed by atoms with van der Waals surface area (Å²) in [5.41, 5.74) is 6.11. The standard InChI is InChI=1S/C41H26N6O3/c1-3-17-42-36(11-1)27-7-5-9-30(21-27)49-32-13-15-34-35-16-14-33(50-31-10-6-8-28(22-31)37-12-2-4-18-43-37)24-39(35)47(38(34)23-32)41-45-25-29(26-46-41)40-44-19-20-48-40/h1-26H. The van der Waals surface area contributed by atoms with Crippen LogP contribution in [0.5, 0.6) is 23.0 Å². The highest BCUT2D eigenvalue weighted by atomic mass is 16.5. The molecule has 5 heterocycles. The van der Waals surface area contributed by atoms with Crippen LogP contribution in [0.1, 0.15) is 0 Å². The lowest BCUT2D eigenvalue weighted by Gasteiger charge is -2.10. The summed E-state index contributed by atoms with van der Waals surface area (Å²) in [4.78, 5) is 22.7.